The minimum atomic E-state index is -0.615. The summed E-state index contributed by atoms with van der Waals surface area (Å²) in [5.41, 5.74) is 4.21. The van der Waals surface area contributed by atoms with Gasteiger partial charge < -0.3 is 24.8 Å². The Labute approximate surface area is 252 Å². The second kappa shape index (κ2) is 12.7. The Morgan fingerprint density at radius 3 is 2.35 bits per heavy atom. The molecule has 2 aromatic carbocycles. The maximum Gasteiger partial charge on any atom is 0.269 e. The summed E-state index contributed by atoms with van der Waals surface area (Å²) in [6.45, 7) is 10.2. The first-order chi connectivity index (χ1) is 20.8. The van der Waals surface area contributed by atoms with Crippen molar-refractivity contribution in [2.45, 2.75) is 58.2 Å². The number of rotatable bonds is 9. The van der Waals surface area contributed by atoms with Gasteiger partial charge in [0, 0.05) is 105 Å². The molecule has 3 aliphatic heterocycles. The van der Waals surface area contributed by atoms with E-state index in [0.717, 1.165) is 62.5 Å². The van der Waals surface area contributed by atoms with Crippen molar-refractivity contribution in [3.63, 3.8) is 0 Å². The van der Waals surface area contributed by atoms with Gasteiger partial charge in [-0.2, -0.15) is 0 Å². The van der Waals surface area contributed by atoms with Crippen molar-refractivity contribution in [2.24, 2.45) is 5.41 Å². The van der Waals surface area contributed by atoms with Crippen LogP contribution in [-0.4, -0.2) is 91.2 Å². The molecule has 1 spiro atoms. The predicted molar refractivity (Wildman–Crippen MR) is 165 cm³/mol. The van der Waals surface area contributed by atoms with Gasteiger partial charge in [-0.15, -0.1) is 0 Å². The molecule has 11 nitrogen and oxygen atoms in total. The zero-order valence-corrected chi connectivity index (χ0v) is 25.3. The van der Waals surface area contributed by atoms with Crippen molar-refractivity contribution in [3.8, 4) is 0 Å². The van der Waals surface area contributed by atoms with Crippen molar-refractivity contribution in [2.75, 3.05) is 56.1 Å². The minimum Gasteiger partial charge on any atom is -0.370 e. The number of nitrogens with zero attached hydrogens (tertiary/aromatic N) is 5. The number of carbonyl (C=O) groups is 3. The van der Waals surface area contributed by atoms with E-state index in [2.05, 4.69) is 26.1 Å². The van der Waals surface area contributed by atoms with E-state index in [1.54, 1.807) is 24.1 Å². The minimum absolute atomic E-state index is 0.120. The molecule has 43 heavy (non-hydrogen) atoms. The summed E-state index contributed by atoms with van der Waals surface area (Å²) in [4.78, 5) is 56.1. The molecule has 1 atom stereocenters. The smallest absolute Gasteiger partial charge is 0.269 e. The number of nitro benzene ring substituents is 1. The first-order valence-corrected chi connectivity index (χ1v) is 15.4. The van der Waals surface area contributed by atoms with Gasteiger partial charge in [-0.3, -0.25) is 24.6 Å². The Morgan fingerprint density at radius 1 is 1.07 bits per heavy atom. The molecule has 4 aliphatic rings. The zero-order valence-electron chi connectivity index (χ0n) is 25.3. The first-order valence-electron chi connectivity index (χ1n) is 15.4. The summed E-state index contributed by atoms with van der Waals surface area (Å²) in [5.74, 6) is -0.277. The van der Waals surface area contributed by atoms with E-state index in [1.165, 1.54) is 12.8 Å². The van der Waals surface area contributed by atoms with Crippen LogP contribution < -0.4 is 15.1 Å². The summed E-state index contributed by atoms with van der Waals surface area (Å²) in [6.07, 6.45) is 3.65. The molecule has 0 bridgehead atoms. The number of benzene rings is 2. The largest absolute Gasteiger partial charge is 0.370 e. The molecule has 230 valence electrons. The lowest BCUT2D eigenvalue weighted by Gasteiger charge is -2.62. The highest BCUT2D eigenvalue weighted by atomic mass is 16.6. The number of piperazine rings is 1. The van der Waals surface area contributed by atoms with Gasteiger partial charge in [0.15, 0.2) is 0 Å². The van der Waals surface area contributed by atoms with Crippen LogP contribution in [-0.2, 0) is 16.1 Å². The van der Waals surface area contributed by atoms with E-state index in [1.807, 2.05) is 38.1 Å². The summed E-state index contributed by atoms with van der Waals surface area (Å²) >= 11 is 0. The van der Waals surface area contributed by atoms with Crippen LogP contribution in [0.4, 0.5) is 17.1 Å². The normalized spacial score (nSPS) is 20.0. The molecule has 0 aromatic heterocycles. The molecule has 2 aromatic rings. The summed E-state index contributed by atoms with van der Waals surface area (Å²) in [5, 5.41) is 13.5. The topological polar surface area (TPSA) is 119 Å². The maximum absolute atomic E-state index is 13.2. The highest BCUT2D eigenvalue weighted by Gasteiger charge is 2.54. The van der Waals surface area contributed by atoms with Crippen LogP contribution in [0.1, 0.15) is 55.5 Å². The SMILES string of the molecule is CC.CNC(=O)CCC(C=O)N1Cc2c(cccc2N2CC3(CC(N4CCN(c5ccc([N+](=O)[O-])cc5)CC4)C3)C2)C1=O. The Morgan fingerprint density at radius 2 is 1.74 bits per heavy atom. The summed E-state index contributed by atoms with van der Waals surface area (Å²) < 4.78 is 0. The first kappa shape index (κ1) is 30.5. The third kappa shape index (κ3) is 5.95. The fraction of sp³-hybridized carbons (Fsp3) is 0.531. The Balaban J connectivity index is 0.00000180. The number of fused-ring (bicyclic) bond motifs is 1. The zero-order chi connectivity index (χ0) is 30.7. The molecule has 2 saturated heterocycles. The average molecular weight is 591 g/mol. The van der Waals surface area contributed by atoms with E-state index >= 15 is 0 Å². The van der Waals surface area contributed by atoms with Crippen LogP contribution in [0.2, 0.25) is 0 Å². The second-order valence-corrected chi connectivity index (χ2v) is 11.9. The molecule has 1 N–H and O–H groups in total. The van der Waals surface area contributed by atoms with E-state index in [4.69, 9.17) is 0 Å². The summed E-state index contributed by atoms with van der Waals surface area (Å²) in [6, 6.07) is 12.6. The van der Waals surface area contributed by atoms with Crippen LogP contribution in [0, 0.1) is 15.5 Å². The molecule has 11 heteroatoms. The number of non-ortho nitro benzene ring substituents is 1. The molecule has 2 amide bonds. The Hall–Kier alpha value is -3.99. The lowest BCUT2D eigenvalue weighted by molar-refractivity contribution is -0.384. The van der Waals surface area contributed by atoms with E-state index in [9.17, 15) is 24.5 Å². The fourth-order valence-corrected chi connectivity index (χ4v) is 7.12. The van der Waals surface area contributed by atoms with Crippen molar-refractivity contribution in [1.29, 1.82) is 0 Å². The van der Waals surface area contributed by atoms with Crippen molar-refractivity contribution in [3.05, 3.63) is 63.7 Å². The van der Waals surface area contributed by atoms with Crippen molar-refractivity contribution < 1.29 is 19.3 Å². The number of anilines is 2. The van der Waals surface area contributed by atoms with Gasteiger partial charge in [0.2, 0.25) is 5.91 Å². The number of aldehydes is 1. The van der Waals surface area contributed by atoms with Crippen LogP contribution in [0.5, 0.6) is 0 Å². The van der Waals surface area contributed by atoms with E-state index in [-0.39, 0.29) is 28.8 Å². The standard InChI is InChI=1S/C30H36N6O5.C2H6/c1-31-28(38)10-9-23(18-37)35-17-26-25(29(35)39)3-2-4-27(26)34-19-30(20-34)15-24(16-30)33-13-11-32(12-14-33)21-5-7-22(8-6-21)36(40)41;1-2/h2-8,18,23-24H,9-17,19-20H2,1H3,(H,31,38);1-2H3. The third-order valence-corrected chi connectivity index (χ3v) is 9.46. The molecular weight excluding hydrogens is 548 g/mol. The Kier molecular flexibility index (Phi) is 9.00. The van der Waals surface area contributed by atoms with Crippen LogP contribution in [0.25, 0.3) is 0 Å². The molecule has 1 aliphatic carbocycles. The average Bonchev–Trinajstić information content (AvgIpc) is 3.34. The van der Waals surface area contributed by atoms with Gasteiger partial charge in [-0.05, 0) is 43.5 Å². The van der Waals surface area contributed by atoms with Gasteiger partial charge in [-0.1, -0.05) is 19.9 Å². The monoisotopic (exact) mass is 590 g/mol. The lowest BCUT2D eigenvalue weighted by atomic mass is 9.60. The molecule has 1 saturated carbocycles. The highest BCUT2D eigenvalue weighted by Crippen LogP contribution is 2.52. The number of nitrogens with one attached hydrogen (secondary N) is 1. The van der Waals surface area contributed by atoms with E-state index in [0.29, 0.717) is 30.0 Å². The predicted octanol–water partition coefficient (Wildman–Crippen LogP) is 3.46. The van der Waals surface area contributed by atoms with Gasteiger partial charge in [0.1, 0.15) is 6.29 Å². The summed E-state index contributed by atoms with van der Waals surface area (Å²) in [7, 11) is 1.57. The Bertz CT molecular complexity index is 1340. The fourth-order valence-electron chi connectivity index (χ4n) is 7.12. The molecule has 3 fully saturated rings. The lowest BCUT2D eigenvalue weighted by Crippen LogP contribution is -2.68. The van der Waals surface area contributed by atoms with Crippen molar-refractivity contribution in [1.82, 2.24) is 15.1 Å². The number of carbonyl (C=O) groups excluding carboxylic acids is 3. The number of nitro groups is 1. The highest BCUT2D eigenvalue weighted by molar-refractivity contribution is 6.01. The van der Waals surface area contributed by atoms with Gasteiger partial charge in [0.25, 0.3) is 11.6 Å². The molecule has 6 rings (SSSR count). The van der Waals surface area contributed by atoms with Crippen molar-refractivity contribution >= 4 is 35.2 Å². The van der Waals surface area contributed by atoms with Crippen LogP contribution in [0.15, 0.2) is 42.5 Å². The molecular formula is C32H42N6O5. The molecule has 1 unspecified atom stereocenters. The van der Waals surface area contributed by atoms with Gasteiger partial charge >= 0.3 is 0 Å². The van der Waals surface area contributed by atoms with Crippen LogP contribution >= 0.6 is 0 Å². The quantitative estimate of drug-likeness (QED) is 0.268. The van der Waals surface area contributed by atoms with E-state index < -0.39 is 6.04 Å². The molecule has 3 heterocycles. The molecule has 0 radical (unpaired) electrons. The number of amides is 2. The maximum atomic E-state index is 13.2. The van der Waals surface area contributed by atoms with Gasteiger partial charge in [0.05, 0.1) is 11.0 Å². The second-order valence-electron chi connectivity index (χ2n) is 11.9. The third-order valence-electron chi connectivity index (χ3n) is 9.46. The van der Waals surface area contributed by atoms with Crippen LogP contribution in [0.3, 0.4) is 0 Å². The number of hydrogen-bond donors (Lipinski definition) is 1. The van der Waals surface area contributed by atoms with Gasteiger partial charge in [-0.25, -0.2) is 0 Å². The number of hydrogen-bond acceptors (Lipinski definition) is 8.